The molecule has 1 unspecified atom stereocenters. The third-order valence-corrected chi connectivity index (χ3v) is 2.91. The second kappa shape index (κ2) is 4.43. The van der Waals surface area contributed by atoms with Gasteiger partial charge in [0.2, 0.25) is 0 Å². The molecule has 0 aliphatic carbocycles. The smallest absolute Gasteiger partial charge is 0.0705 e. The highest BCUT2D eigenvalue weighted by Gasteiger charge is 2.34. The van der Waals surface area contributed by atoms with E-state index in [0.29, 0.717) is 12.5 Å². The van der Waals surface area contributed by atoms with Crippen molar-refractivity contribution in [3.63, 3.8) is 0 Å². The molecule has 0 aromatic heterocycles. The Morgan fingerprint density at radius 3 is 1.92 bits per heavy atom. The minimum Gasteiger partial charge on any atom is -0.394 e. The molecule has 0 amide bonds. The Hall–Kier alpha value is -0.0800. The van der Waals surface area contributed by atoms with Gasteiger partial charge in [0.05, 0.1) is 18.8 Å². The van der Waals surface area contributed by atoms with Crippen LogP contribution in [0.3, 0.4) is 0 Å². The molecule has 1 atom stereocenters. The Labute approximate surface area is 82.3 Å². The summed E-state index contributed by atoms with van der Waals surface area (Å²) in [4.78, 5) is 0. The third kappa shape index (κ3) is 4.10. The molecule has 0 fully saturated rings. The van der Waals surface area contributed by atoms with E-state index in [-0.39, 0.29) is 17.6 Å². The Bertz CT molecular complexity index is 145. The van der Waals surface area contributed by atoms with E-state index in [0.717, 1.165) is 0 Å². The molecule has 0 radical (unpaired) electrons. The molecular formula is C11H24O2. The van der Waals surface area contributed by atoms with Gasteiger partial charge in [-0.05, 0) is 25.2 Å². The molecular weight excluding hydrogens is 164 g/mol. The molecule has 0 aromatic rings. The van der Waals surface area contributed by atoms with Crippen molar-refractivity contribution < 1.29 is 9.84 Å². The molecule has 2 heteroatoms. The van der Waals surface area contributed by atoms with Crippen LogP contribution in [0.1, 0.15) is 41.5 Å². The zero-order valence-electron chi connectivity index (χ0n) is 9.85. The lowest BCUT2D eigenvalue weighted by Crippen LogP contribution is -2.40. The Morgan fingerprint density at radius 2 is 1.62 bits per heavy atom. The van der Waals surface area contributed by atoms with Crippen LogP contribution in [0, 0.1) is 11.3 Å². The van der Waals surface area contributed by atoms with E-state index in [1.807, 2.05) is 0 Å². The summed E-state index contributed by atoms with van der Waals surface area (Å²) < 4.78 is 5.62. The van der Waals surface area contributed by atoms with Gasteiger partial charge < -0.3 is 9.84 Å². The lowest BCUT2D eigenvalue weighted by atomic mass is 9.73. The van der Waals surface area contributed by atoms with Gasteiger partial charge in [0.15, 0.2) is 0 Å². The minimum absolute atomic E-state index is 0.0975. The zero-order chi connectivity index (χ0) is 10.7. The van der Waals surface area contributed by atoms with E-state index in [1.165, 1.54) is 0 Å². The lowest BCUT2D eigenvalue weighted by Gasteiger charge is -2.40. The van der Waals surface area contributed by atoms with Crippen molar-refractivity contribution in [1.82, 2.24) is 0 Å². The second-order valence-corrected chi connectivity index (χ2v) is 5.26. The predicted octanol–water partition coefficient (Wildman–Crippen LogP) is 2.46. The van der Waals surface area contributed by atoms with Gasteiger partial charge in [-0.25, -0.2) is 0 Å². The molecule has 80 valence electrons. The molecule has 0 rings (SSSR count). The van der Waals surface area contributed by atoms with Crippen LogP contribution in [0.25, 0.3) is 0 Å². The highest BCUT2D eigenvalue weighted by atomic mass is 16.5. The molecule has 0 spiro atoms. The first-order chi connectivity index (χ1) is 5.72. The molecule has 0 aromatic carbocycles. The fourth-order valence-corrected chi connectivity index (χ4v) is 1.48. The van der Waals surface area contributed by atoms with Gasteiger partial charge in [0.1, 0.15) is 0 Å². The number of rotatable bonds is 4. The van der Waals surface area contributed by atoms with Crippen molar-refractivity contribution in [3.05, 3.63) is 0 Å². The van der Waals surface area contributed by atoms with E-state index in [9.17, 15) is 0 Å². The summed E-state index contributed by atoms with van der Waals surface area (Å²) in [6.07, 6.45) is 0. The van der Waals surface area contributed by atoms with Gasteiger partial charge in [0, 0.05) is 0 Å². The first-order valence-corrected chi connectivity index (χ1v) is 4.96. The summed E-state index contributed by atoms with van der Waals surface area (Å²) >= 11 is 0. The monoisotopic (exact) mass is 188 g/mol. The first kappa shape index (κ1) is 12.9. The number of hydrogen-bond acceptors (Lipinski definition) is 2. The zero-order valence-corrected chi connectivity index (χ0v) is 9.85. The van der Waals surface area contributed by atoms with Crippen molar-refractivity contribution in [2.24, 2.45) is 11.3 Å². The van der Waals surface area contributed by atoms with E-state index in [4.69, 9.17) is 9.84 Å². The van der Waals surface area contributed by atoms with Crippen LogP contribution in [-0.4, -0.2) is 23.9 Å². The van der Waals surface area contributed by atoms with Gasteiger partial charge >= 0.3 is 0 Å². The van der Waals surface area contributed by atoms with Gasteiger partial charge in [-0.15, -0.1) is 0 Å². The summed E-state index contributed by atoms with van der Waals surface area (Å²) in [5.41, 5.74) is 0.0694. The van der Waals surface area contributed by atoms with E-state index in [2.05, 4.69) is 41.5 Å². The summed E-state index contributed by atoms with van der Waals surface area (Å²) in [5, 5.41) is 8.69. The molecule has 1 N–H and O–H groups in total. The van der Waals surface area contributed by atoms with Crippen LogP contribution in [0.15, 0.2) is 0 Å². The molecule has 13 heavy (non-hydrogen) atoms. The first-order valence-electron chi connectivity index (χ1n) is 4.96. The maximum Gasteiger partial charge on any atom is 0.0705 e. The van der Waals surface area contributed by atoms with Gasteiger partial charge in [0.25, 0.3) is 0 Å². The number of aliphatic hydroxyl groups excluding tert-OH is 1. The molecule has 0 heterocycles. The molecule has 0 bridgehead atoms. The highest BCUT2D eigenvalue weighted by molar-refractivity contribution is 4.84. The maximum atomic E-state index is 8.69. The van der Waals surface area contributed by atoms with Crippen LogP contribution < -0.4 is 0 Å². The van der Waals surface area contributed by atoms with Crippen LogP contribution >= 0.6 is 0 Å². The van der Waals surface area contributed by atoms with Crippen LogP contribution in [0.5, 0.6) is 0 Å². The fourth-order valence-electron chi connectivity index (χ4n) is 1.48. The molecule has 0 aliphatic rings. The van der Waals surface area contributed by atoms with Gasteiger partial charge in [-0.3, -0.25) is 0 Å². The largest absolute Gasteiger partial charge is 0.394 e. The van der Waals surface area contributed by atoms with Crippen molar-refractivity contribution in [2.75, 3.05) is 13.2 Å². The molecule has 0 aliphatic heterocycles. The van der Waals surface area contributed by atoms with Crippen molar-refractivity contribution in [3.8, 4) is 0 Å². The van der Waals surface area contributed by atoms with E-state index >= 15 is 0 Å². The fraction of sp³-hybridized carbons (Fsp3) is 1.00. The van der Waals surface area contributed by atoms with Crippen molar-refractivity contribution in [1.29, 1.82) is 0 Å². The van der Waals surface area contributed by atoms with Crippen molar-refractivity contribution in [2.45, 2.75) is 47.1 Å². The van der Waals surface area contributed by atoms with Gasteiger partial charge in [-0.1, -0.05) is 27.7 Å². The quantitative estimate of drug-likeness (QED) is 0.734. The lowest BCUT2D eigenvalue weighted by molar-refractivity contribution is -0.0936. The van der Waals surface area contributed by atoms with Crippen LogP contribution in [0.4, 0.5) is 0 Å². The van der Waals surface area contributed by atoms with Crippen LogP contribution in [0.2, 0.25) is 0 Å². The Kier molecular flexibility index (Phi) is 4.40. The molecule has 2 nitrogen and oxygen atoms in total. The standard InChI is InChI=1S/C11H24O2/c1-9(10(2,3)4)11(5,6)13-8-7-12/h9,12H,7-8H2,1-6H3. The topological polar surface area (TPSA) is 29.5 Å². The normalized spacial score (nSPS) is 15.9. The average Bonchev–Trinajstić information content (AvgIpc) is 1.98. The van der Waals surface area contributed by atoms with Gasteiger partial charge in [-0.2, -0.15) is 0 Å². The van der Waals surface area contributed by atoms with E-state index < -0.39 is 0 Å². The van der Waals surface area contributed by atoms with E-state index in [1.54, 1.807) is 0 Å². The Morgan fingerprint density at radius 1 is 1.15 bits per heavy atom. The summed E-state index contributed by atoms with van der Waals surface area (Å²) in [5.74, 6) is 0.451. The third-order valence-electron chi connectivity index (χ3n) is 2.91. The maximum absolute atomic E-state index is 8.69. The minimum atomic E-state index is -0.166. The second-order valence-electron chi connectivity index (χ2n) is 5.26. The number of hydrogen-bond donors (Lipinski definition) is 1. The summed E-state index contributed by atoms with van der Waals surface area (Å²) in [6.45, 7) is 13.5. The summed E-state index contributed by atoms with van der Waals surface area (Å²) in [7, 11) is 0. The number of aliphatic hydroxyl groups is 1. The highest BCUT2D eigenvalue weighted by Crippen LogP contribution is 2.36. The SMILES string of the molecule is CC(C(C)(C)C)C(C)(C)OCCO. The summed E-state index contributed by atoms with van der Waals surface area (Å²) in [6, 6.07) is 0. The average molecular weight is 188 g/mol. The molecule has 0 saturated carbocycles. The van der Waals surface area contributed by atoms with Crippen LogP contribution in [-0.2, 0) is 4.74 Å². The Balaban J connectivity index is 4.27. The number of ether oxygens (including phenoxy) is 1. The predicted molar refractivity (Wildman–Crippen MR) is 55.7 cm³/mol. The van der Waals surface area contributed by atoms with Crippen molar-refractivity contribution >= 4 is 0 Å². The molecule has 0 saturated heterocycles.